The molecule has 2 aliphatic rings. The zero-order valence-electron chi connectivity index (χ0n) is 12.3. The van der Waals surface area contributed by atoms with Gasteiger partial charge in [-0.2, -0.15) is 0 Å². The van der Waals surface area contributed by atoms with E-state index in [1.807, 2.05) is 0 Å². The number of hydrogen-bond donors (Lipinski definition) is 0. The number of hydrogen-bond acceptors (Lipinski definition) is 2. The summed E-state index contributed by atoms with van der Waals surface area (Å²) in [4.78, 5) is 5.28. The summed E-state index contributed by atoms with van der Waals surface area (Å²) in [5, 5.41) is 0. The van der Waals surface area contributed by atoms with Gasteiger partial charge < -0.3 is 4.90 Å². The molecule has 0 saturated carbocycles. The van der Waals surface area contributed by atoms with Crippen LogP contribution < -0.4 is 0 Å². The quantitative estimate of drug-likeness (QED) is 0.693. The molecule has 2 saturated heterocycles. The normalized spacial score (nSPS) is 27.5. The van der Waals surface area contributed by atoms with E-state index < -0.39 is 0 Å². The third-order valence-corrected chi connectivity index (χ3v) is 5.14. The van der Waals surface area contributed by atoms with Crippen LogP contribution in [0, 0.1) is 5.41 Å². The highest BCUT2D eigenvalue weighted by Crippen LogP contribution is 2.42. The van der Waals surface area contributed by atoms with Crippen molar-refractivity contribution in [2.24, 2.45) is 5.41 Å². The SMILES string of the molecule is CCN1CCC2(CC1)CCN(C(C)(C)C)CC2. The van der Waals surface area contributed by atoms with Crippen LogP contribution in [-0.2, 0) is 0 Å². The van der Waals surface area contributed by atoms with Crippen LogP contribution in [0.1, 0.15) is 53.4 Å². The monoisotopic (exact) mass is 238 g/mol. The highest BCUT2D eigenvalue weighted by atomic mass is 15.2. The van der Waals surface area contributed by atoms with Crippen LogP contribution in [0.3, 0.4) is 0 Å². The minimum absolute atomic E-state index is 0.367. The van der Waals surface area contributed by atoms with Crippen molar-refractivity contribution in [3.05, 3.63) is 0 Å². The second kappa shape index (κ2) is 4.89. The predicted molar refractivity (Wildman–Crippen MR) is 74.3 cm³/mol. The molecular weight excluding hydrogens is 208 g/mol. The van der Waals surface area contributed by atoms with E-state index in [9.17, 15) is 0 Å². The highest BCUT2D eigenvalue weighted by Gasteiger charge is 2.39. The molecule has 2 rings (SSSR count). The first-order valence-corrected chi connectivity index (χ1v) is 7.43. The van der Waals surface area contributed by atoms with Gasteiger partial charge in [0.25, 0.3) is 0 Å². The Labute approximate surface area is 107 Å². The van der Waals surface area contributed by atoms with Crippen LogP contribution in [-0.4, -0.2) is 48.1 Å². The third kappa shape index (κ3) is 3.03. The average Bonchev–Trinajstić information content (AvgIpc) is 2.29. The van der Waals surface area contributed by atoms with E-state index in [2.05, 4.69) is 37.5 Å². The molecule has 2 nitrogen and oxygen atoms in total. The highest BCUT2D eigenvalue weighted by molar-refractivity contribution is 4.92. The van der Waals surface area contributed by atoms with Crippen LogP contribution >= 0.6 is 0 Å². The van der Waals surface area contributed by atoms with Crippen molar-refractivity contribution in [1.82, 2.24) is 9.80 Å². The molecule has 100 valence electrons. The summed E-state index contributed by atoms with van der Waals surface area (Å²) in [5.41, 5.74) is 1.07. The topological polar surface area (TPSA) is 6.48 Å². The van der Waals surface area contributed by atoms with Gasteiger partial charge in [0.05, 0.1) is 0 Å². The summed E-state index contributed by atoms with van der Waals surface area (Å²) in [6, 6.07) is 0. The van der Waals surface area contributed by atoms with E-state index in [-0.39, 0.29) is 0 Å². The lowest BCUT2D eigenvalue weighted by Gasteiger charge is -2.49. The first-order chi connectivity index (χ1) is 7.95. The molecule has 0 radical (unpaired) electrons. The molecule has 0 N–H and O–H groups in total. The van der Waals surface area contributed by atoms with E-state index in [0.717, 1.165) is 0 Å². The summed E-state index contributed by atoms with van der Waals surface area (Å²) in [6.45, 7) is 15.9. The Morgan fingerprint density at radius 2 is 1.35 bits per heavy atom. The maximum atomic E-state index is 2.67. The second-order valence-electron chi connectivity index (χ2n) is 7.09. The zero-order chi connectivity index (χ0) is 12.5. The van der Waals surface area contributed by atoms with Gasteiger partial charge in [0.1, 0.15) is 0 Å². The largest absolute Gasteiger partial charge is 0.304 e. The summed E-state index contributed by atoms with van der Waals surface area (Å²) in [6.07, 6.45) is 5.75. The summed E-state index contributed by atoms with van der Waals surface area (Å²) < 4.78 is 0. The first kappa shape index (κ1) is 13.4. The molecule has 0 atom stereocenters. The Morgan fingerprint density at radius 3 is 1.76 bits per heavy atom. The minimum atomic E-state index is 0.367. The average molecular weight is 238 g/mol. The molecule has 0 aromatic heterocycles. The Kier molecular flexibility index (Phi) is 3.84. The second-order valence-corrected chi connectivity index (χ2v) is 7.09. The number of piperidine rings is 2. The molecular formula is C15H30N2. The molecule has 0 aromatic carbocycles. The van der Waals surface area contributed by atoms with E-state index in [1.165, 1.54) is 58.4 Å². The van der Waals surface area contributed by atoms with Crippen molar-refractivity contribution in [3.8, 4) is 0 Å². The van der Waals surface area contributed by atoms with Crippen LogP contribution in [0.2, 0.25) is 0 Å². The van der Waals surface area contributed by atoms with E-state index in [1.54, 1.807) is 0 Å². The minimum Gasteiger partial charge on any atom is -0.304 e. The summed E-state index contributed by atoms with van der Waals surface area (Å²) in [7, 11) is 0. The van der Waals surface area contributed by atoms with Gasteiger partial charge in [-0.25, -0.2) is 0 Å². The van der Waals surface area contributed by atoms with Gasteiger partial charge in [-0.3, -0.25) is 4.90 Å². The maximum Gasteiger partial charge on any atom is 0.0125 e. The number of rotatable bonds is 1. The van der Waals surface area contributed by atoms with E-state index >= 15 is 0 Å². The van der Waals surface area contributed by atoms with Crippen LogP contribution in [0.25, 0.3) is 0 Å². The number of likely N-dealkylation sites (tertiary alicyclic amines) is 2. The van der Waals surface area contributed by atoms with Crippen molar-refractivity contribution < 1.29 is 0 Å². The molecule has 2 heterocycles. The van der Waals surface area contributed by atoms with Gasteiger partial charge in [-0.05, 0) is 84.6 Å². The Bertz CT molecular complexity index is 236. The lowest BCUT2D eigenvalue weighted by Crippen LogP contribution is -2.51. The molecule has 2 fully saturated rings. The fraction of sp³-hybridized carbons (Fsp3) is 1.00. The lowest BCUT2D eigenvalue weighted by molar-refractivity contribution is 0.00453. The van der Waals surface area contributed by atoms with Gasteiger partial charge in [0.2, 0.25) is 0 Å². The van der Waals surface area contributed by atoms with Crippen molar-refractivity contribution in [2.45, 2.75) is 58.9 Å². The van der Waals surface area contributed by atoms with Crippen molar-refractivity contribution in [2.75, 3.05) is 32.7 Å². The third-order valence-electron chi connectivity index (χ3n) is 5.14. The van der Waals surface area contributed by atoms with Gasteiger partial charge in [0, 0.05) is 5.54 Å². The molecule has 0 unspecified atom stereocenters. The van der Waals surface area contributed by atoms with Crippen molar-refractivity contribution in [3.63, 3.8) is 0 Å². The molecule has 2 aliphatic heterocycles. The number of nitrogens with zero attached hydrogens (tertiary/aromatic N) is 2. The fourth-order valence-electron chi connectivity index (χ4n) is 3.50. The molecule has 0 aromatic rings. The van der Waals surface area contributed by atoms with E-state index in [0.29, 0.717) is 11.0 Å². The van der Waals surface area contributed by atoms with Crippen molar-refractivity contribution in [1.29, 1.82) is 0 Å². The van der Waals surface area contributed by atoms with Crippen LogP contribution in [0.4, 0.5) is 0 Å². The predicted octanol–water partition coefficient (Wildman–Crippen LogP) is 2.98. The molecule has 1 spiro atoms. The van der Waals surface area contributed by atoms with Gasteiger partial charge >= 0.3 is 0 Å². The Hall–Kier alpha value is -0.0800. The molecule has 0 amide bonds. The molecule has 0 aliphatic carbocycles. The van der Waals surface area contributed by atoms with Gasteiger partial charge in [-0.15, -0.1) is 0 Å². The summed E-state index contributed by atoms with van der Waals surface area (Å²) >= 11 is 0. The van der Waals surface area contributed by atoms with Gasteiger partial charge in [0.15, 0.2) is 0 Å². The molecule has 0 bridgehead atoms. The van der Waals surface area contributed by atoms with E-state index in [4.69, 9.17) is 0 Å². The smallest absolute Gasteiger partial charge is 0.0125 e. The Balaban J connectivity index is 1.87. The van der Waals surface area contributed by atoms with Gasteiger partial charge in [-0.1, -0.05) is 6.92 Å². The first-order valence-electron chi connectivity index (χ1n) is 7.43. The van der Waals surface area contributed by atoms with Crippen LogP contribution in [0.15, 0.2) is 0 Å². The maximum absolute atomic E-state index is 2.67. The Morgan fingerprint density at radius 1 is 0.882 bits per heavy atom. The molecule has 17 heavy (non-hydrogen) atoms. The fourth-order valence-corrected chi connectivity index (χ4v) is 3.50. The lowest BCUT2D eigenvalue weighted by atomic mass is 9.70. The molecule has 2 heteroatoms. The van der Waals surface area contributed by atoms with Crippen molar-refractivity contribution >= 4 is 0 Å². The van der Waals surface area contributed by atoms with Crippen LogP contribution in [0.5, 0.6) is 0 Å². The summed E-state index contributed by atoms with van der Waals surface area (Å²) in [5.74, 6) is 0. The zero-order valence-corrected chi connectivity index (χ0v) is 12.3. The standard InChI is InChI=1S/C15H30N2/c1-5-16-10-6-15(7-11-16)8-12-17(13-9-15)14(2,3)4/h5-13H2,1-4H3.